The summed E-state index contributed by atoms with van der Waals surface area (Å²) in [7, 11) is 2.90. The summed E-state index contributed by atoms with van der Waals surface area (Å²) in [5.41, 5.74) is 0.0593. The molecule has 2 amide bonds. The first-order chi connectivity index (χ1) is 12.4. The Morgan fingerprint density at radius 1 is 1.38 bits per heavy atom. The van der Waals surface area contributed by atoms with Crippen molar-refractivity contribution in [1.82, 2.24) is 10.2 Å². The van der Waals surface area contributed by atoms with Gasteiger partial charge in [0.05, 0.1) is 17.6 Å². The highest BCUT2D eigenvalue weighted by Gasteiger charge is 2.27. The van der Waals surface area contributed by atoms with Gasteiger partial charge < -0.3 is 25.4 Å². The Labute approximate surface area is 150 Å². The normalized spacial score (nSPS) is 17.2. The summed E-state index contributed by atoms with van der Waals surface area (Å²) in [6.45, 7) is 0.676. The second-order valence-corrected chi connectivity index (χ2v) is 5.97. The first-order valence-electron chi connectivity index (χ1n) is 8.20. The molecule has 142 valence electrons. The van der Waals surface area contributed by atoms with E-state index in [-0.39, 0.29) is 35.3 Å². The zero-order valence-electron chi connectivity index (χ0n) is 14.7. The number of carbonyl (C=O) groups is 2. The first-order valence-corrected chi connectivity index (χ1v) is 8.20. The number of ether oxygens (including phenoxy) is 1. The minimum absolute atomic E-state index is 0.128. The lowest BCUT2D eigenvalue weighted by Crippen LogP contribution is -2.44. The van der Waals surface area contributed by atoms with Crippen molar-refractivity contribution in [2.75, 3.05) is 32.6 Å². The number of carboxylic acid groups (broad SMARTS) is 1. The molecule has 1 unspecified atom stereocenters. The van der Waals surface area contributed by atoms with Gasteiger partial charge in [-0.2, -0.15) is 0 Å². The average Bonchev–Trinajstić information content (AvgIpc) is 2.84. The van der Waals surface area contributed by atoms with Gasteiger partial charge in [-0.1, -0.05) is 0 Å². The second kappa shape index (κ2) is 8.37. The molecule has 1 heterocycles. The quantitative estimate of drug-likeness (QED) is 0.535. The monoisotopic (exact) mass is 366 g/mol. The van der Waals surface area contributed by atoms with Crippen LogP contribution in [0.1, 0.15) is 29.6 Å². The van der Waals surface area contributed by atoms with E-state index in [1.807, 2.05) is 0 Å². The molecule has 0 spiro atoms. The van der Waals surface area contributed by atoms with Crippen molar-refractivity contribution >= 4 is 23.4 Å². The number of nitrogens with zero attached hydrogens (tertiary/aromatic N) is 2. The molecule has 0 bridgehead atoms. The summed E-state index contributed by atoms with van der Waals surface area (Å²) < 4.78 is 5.18. The second-order valence-electron chi connectivity index (χ2n) is 5.97. The van der Waals surface area contributed by atoms with E-state index in [0.29, 0.717) is 13.0 Å². The number of hydrogen-bond acceptors (Lipinski definition) is 6. The highest BCUT2D eigenvalue weighted by Crippen LogP contribution is 2.36. The van der Waals surface area contributed by atoms with Crippen LogP contribution in [0.4, 0.5) is 16.2 Å². The largest absolute Gasteiger partial charge is 0.494 e. The highest BCUT2D eigenvalue weighted by atomic mass is 16.6. The maximum atomic E-state index is 12.9. The third-order valence-corrected chi connectivity index (χ3v) is 4.28. The Balaban J connectivity index is 2.34. The summed E-state index contributed by atoms with van der Waals surface area (Å²) in [5.74, 6) is -0.201. The lowest BCUT2D eigenvalue weighted by atomic mass is 10.1. The Morgan fingerprint density at radius 3 is 2.69 bits per heavy atom. The fourth-order valence-corrected chi connectivity index (χ4v) is 3.08. The van der Waals surface area contributed by atoms with Gasteiger partial charge in [-0.15, -0.1) is 0 Å². The molecule has 1 aromatic rings. The van der Waals surface area contributed by atoms with Gasteiger partial charge in [0.25, 0.3) is 11.6 Å². The Kier molecular flexibility index (Phi) is 6.21. The van der Waals surface area contributed by atoms with Crippen molar-refractivity contribution in [1.29, 1.82) is 0 Å². The number of hydrogen-bond donors (Lipinski definition) is 3. The van der Waals surface area contributed by atoms with E-state index >= 15 is 0 Å². The zero-order valence-corrected chi connectivity index (χ0v) is 14.7. The number of rotatable bonds is 5. The van der Waals surface area contributed by atoms with Crippen molar-refractivity contribution in [2.24, 2.45) is 0 Å². The summed E-state index contributed by atoms with van der Waals surface area (Å²) in [6, 6.07) is 2.29. The first kappa shape index (κ1) is 19.3. The Bertz CT molecular complexity index is 708. The molecule has 1 fully saturated rings. The maximum absolute atomic E-state index is 12.9. The number of benzene rings is 1. The van der Waals surface area contributed by atoms with Gasteiger partial charge in [-0.05, 0) is 25.3 Å². The molecule has 10 nitrogen and oxygen atoms in total. The van der Waals surface area contributed by atoms with Crippen LogP contribution in [-0.4, -0.2) is 60.2 Å². The fraction of sp³-hybridized carbons (Fsp3) is 0.500. The van der Waals surface area contributed by atoms with Gasteiger partial charge in [-0.3, -0.25) is 14.9 Å². The summed E-state index contributed by atoms with van der Waals surface area (Å²) in [6.07, 6.45) is 1.02. The molecule has 1 aromatic carbocycles. The molecule has 1 saturated heterocycles. The molecule has 10 heteroatoms. The number of nitro groups is 1. The van der Waals surface area contributed by atoms with E-state index in [2.05, 4.69) is 10.6 Å². The third-order valence-electron chi connectivity index (χ3n) is 4.28. The van der Waals surface area contributed by atoms with Crippen LogP contribution in [0.15, 0.2) is 12.1 Å². The molecule has 26 heavy (non-hydrogen) atoms. The molecule has 1 aliphatic rings. The minimum Gasteiger partial charge on any atom is -0.494 e. The SMILES string of the molecule is CNc1c(OC)cc(C(=O)N2CCCCC(NC(=O)O)C2)cc1[N+](=O)[O-]. The standard InChI is InChI=1S/C16H22N4O6/c1-17-14-12(20(24)25)7-10(8-13(14)26-2)15(21)19-6-4-3-5-11(9-19)18-16(22)23/h7-8,11,17-18H,3-6,9H2,1-2H3,(H,22,23). The Morgan fingerprint density at radius 2 is 2.12 bits per heavy atom. The van der Waals surface area contributed by atoms with Gasteiger partial charge in [0.15, 0.2) is 5.69 Å². The van der Waals surface area contributed by atoms with Crippen molar-refractivity contribution in [2.45, 2.75) is 25.3 Å². The fourth-order valence-electron chi connectivity index (χ4n) is 3.08. The molecular formula is C16H22N4O6. The molecule has 0 aromatic heterocycles. The maximum Gasteiger partial charge on any atom is 0.404 e. The van der Waals surface area contributed by atoms with Crippen molar-refractivity contribution in [3.05, 3.63) is 27.8 Å². The van der Waals surface area contributed by atoms with Crippen molar-refractivity contribution in [3.8, 4) is 5.75 Å². The van der Waals surface area contributed by atoms with Crippen LogP contribution in [0.5, 0.6) is 5.75 Å². The number of nitrogens with one attached hydrogen (secondary N) is 2. The lowest BCUT2D eigenvalue weighted by molar-refractivity contribution is -0.384. The van der Waals surface area contributed by atoms with E-state index in [1.165, 1.54) is 31.2 Å². The summed E-state index contributed by atoms with van der Waals surface area (Å²) in [4.78, 5) is 36.0. The van der Waals surface area contributed by atoms with Crippen LogP contribution in [-0.2, 0) is 0 Å². The topological polar surface area (TPSA) is 134 Å². The van der Waals surface area contributed by atoms with E-state index < -0.39 is 16.9 Å². The average molecular weight is 366 g/mol. The van der Waals surface area contributed by atoms with E-state index in [4.69, 9.17) is 9.84 Å². The van der Waals surface area contributed by atoms with Gasteiger partial charge in [0, 0.05) is 32.2 Å². The zero-order chi connectivity index (χ0) is 19.3. The van der Waals surface area contributed by atoms with Crippen LogP contribution in [0.2, 0.25) is 0 Å². The van der Waals surface area contributed by atoms with Gasteiger partial charge in [0.1, 0.15) is 5.75 Å². The number of likely N-dealkylation sites (tertiary alicyclic amines) is 1. The summed E-state index contributed by atoms with van der Waals surface area (Å²) >= 11 is 0. The molecule has 3 N–H and O–H groups in total. The molecule has 2 rings (SSSR count). The third kappa shape index (κ3) is 4.32. The van der Waals surface area contributed by atoms with Crippen molar-refractivity contribution < 1.29 is 24.4 Å². The molecule has 0 saturated carbocycles. The van der Waals surface area contributed by atoms with Crippen LogP contribution < -0.4 is 15.4 Å². The van der Waals surface area contributed by atoms with Gasteiger partial charge >= 0.3 is 6.09 Å². The van der Waals surface area contributed by atoms with Crippen LogP contribution in [0.25, 0.3) is 0 Å². The van der Waals surface area contributed by atoms with Crippen molar-refractivity contribution in [3.63, 3.8) is 0 Å². The Hall–Kier alpha value is -3.04. The number of carbonyl (C=O) groups excluding carboxylic acids is 1. The minimum atomic E-state index is -1.14. The smallest absolute Gasteiger partial charge is 0.404 e. The van der Waals surface area contributed by atoms with E-state index in [0.717, 1.165) is 12.8 Å². The van der Waals surface area contributed by atoms with Crippen LogP contribution in [0.3, 0.4) is 0 Å². The predicted molar refractivity (Wildman–Crippen MR) is 93.9 cm³/mol. The number of amides is 2. The van der Waals surface area contributed by atoms with Crippen LogP contribution >= 0.6 is 0 Å². The number of methoxy groups -OCH3 is 1. The van der Waals surface area contributed by atoms with E-state index in [1.54, 1.807) is 0 Å². The number of nitro benzene ring substituents is 1. The molecule has 1 atom stereocenters. The molecule has 0 radical (unpaired) electrons. The molecular weight excluding hydrogens is 344 g/mol. The molecule has 0 aliphatic carbocycles. The summed E-state index contributed by atoms with van der Waals surface area (Å²) in [5, 5.41) is 25.4. The lowest BCUT2D eigenvalue weighted by Gasteiger charge is -2.25. The van der Waals surface area contributed by atoms with Gasteiger partial charge in [-0.25, -0.2) is 4.79 Å². The molecule has 1 aliphatic heterocycles. The van der Waals surface area contributed by atoms with Crippen LogP contribution in [0, 0.1) is 10.1 Å². The highest BCUT2D eigenvalue weighted by molar-refractivity contribution is 5.97. The number of anilines is 1. The van der Waals surface area contributed by atoms with Gasteiger partial charge in [0.2, 0.25) is 0 Å². The van der Waals surface area contributed by atoms with E-state index in [9.17, 15) is 19.7 Å². The predicted octanol–water partition coefficient (Wildman–Crippen LogP) is 1.91.